The summed E-state index contributed by atoms with van der Waals surface area (Å²) in [6.45, 7) is 0.881. The molecule has 0 amide bonds. The second kappa shape index (κ2) is 8.20. The average molecular weight is 411 g/mol. The van der Waals surface area contributed by atoms with E-state index >= 15 is 0 Å². The van der Waals surface area contributed by atoms with Gasteiger partial charge in [-0.25, -0.2) is 0 Å². The highest BCUT2D eigenvalue weighted by Gasteiger charge is 2.31. The van der Waals surface area contributed by atoms with Gasteiger partial charge in [-0.2, -0.15) is 0 Å². The van der Waals surface area contributed by atoms with Crippen molar-refractivity contribution in [2.75, 3.05) is 26.1 Å². The second-order valence-corrected chi connectivity index (χ2v) is 7.96. The van der Waals surface area contributed by atoms with Crippen molar-refractivity contribution in [3.63, 3.8) is 0 Å². The lowest BCUT2D eigenvalue weighted by atomic mass is 9.93. The largest absolute Gasteiger partial charge is 0.497 e. The number of benzene rings is 2. The van der Waals surface area contributed by atoms with Gasteiger partial charge in [-0.15, -0.1) is 11.3 Å². The van der Waals surface area contributed by atoms with Gasteiger partial charge in [-0.1, -0.05) is 12.1 Å². The summed E-state index contributed by atoms with van der Waals surface area (Å²) in [7, 11) is 3.35. The molecule has 4 rings (SSSR count). The molecule has 0 saturated heterocycles. The number of ether oxygens (including phenoxy) is 2. The van der Waals surface area contributed by atoms with Gasteiger partial charge in [0.1, 0.15) is 11.5 Å². The van der Waals surface area contributed by atoms with Crippen LogP contribution in [-0.4, -0.2) is 30.8 Å². The molecule has 6 heteroatoms. The molecule has 1 aromatic heterocycles. The maximum absolute atomic E-state index is 5.81. The molecule has 1 aliphatic rings. The van der Waals surface area contributed by atoms with E-state index in [9.17, 15) is 0 Å². The van der Waals surface area contributed by atoms with Crippen LogP contribution in [0.4, 0.5) is 5.69 Å². The molecule has 3 aromatic rings. The molecule has 0 radical (unpaired) electrons. The maximum atomic E-state index is 5.81. The monoisotopic (exact) mass is 410 g/mol. The highest BCUT2D eigenvalue weighted by Crippen LogP contribution is 2.38. The molecule has 0 fully saturated rings. The number of hydrogen-bond acceptors (Lipinski definition) is 4. The Morgan fingerprint density at radius 3 is 2.29 bits per heavy atom. The van der Waals surface area contributed by atoms with Gasteiger partial charge in [0.2, 0.25) is 0 Å². The normalized spacial score (nSPS) is 15.6. The summed E-state index contributed by atoms with van der Waals surface area (Å²) in [6.07, 6.45) is 1.00. The SMILES string of the molecule is COc1ccc(NC(=S)N2CCc3sccc3[C@H]2c2ccc(OC)cc2)cc1. The Morgan fingerprint density at radius 2 is 1.64 bits per heavy atom. The van der Waals surface area contributed by atoms with Gasteiger partial charge in [0, 0.05) is 17.1 Å². The summed E-state index contributed by atoms with van der Waals surface area (Å²) in [5, 5.41) is 6.28. The Kier molecular flexibility index (Phi) is 5.50. The minimum Gasteiger partial charge on any atom is -0.497 e. The molecule has 0 bridgehead atoms. The fraction of sp³-hybridized carbons (Fsp3) is 0.227. The Balaban J connectivity index is 1.62. The molecule has 1 N–H and O–H groups in total. The van der Waals surface area contributed by atoms with E-state index in [0.29, 0.717) is 0 Å². The molecule has 144 valence electrons. The molecular formula is C22H22N2O2S2. The standard InChI is InChI=1S/C22H22N2O2S2/c1-25-17-7-3-15(4-8-17)21-19-12-14-28-20(19)11-13-24(21)22(27)23-16-5-9-18(26-2)10-6-16/h3-10,12,14,21H,11,13H2,1-2H3,(H,23,27)/t21-/m1/s1. The van der Waals surface area contributed by atoms with Crippen LogP contribution in [0.5, 0.6) is 11.5 Å². The zero-order valence-electron chi connectivity index (χ0n) is 15.8. The van der Waals surface area contributed by atoms with Crippen molar-refractivity contribution in [2.45, 2.75) is 12.5 Å². The number of rotatable bonds is 4. The van der Waals surface area contributed by atoms with E-state index < -0.39 is 0 Å². The molecule has 2 aromatic carbocycles. The number of anilines is 1. The highest BCUT2D eigenvalue weighted by atomic mass is 32.1. The summed E-state index contributed by atoms with van der Waals surface area (Å²) in [6, 6.07) is 18.4. The first-order chi connectivity index (χ1) is 13.7. The van der Waals surface area contributed by atoms with Crippen molar-refractivity contribution >= 4 is 34.4 Å². The van der Waals surface area contributed by atoms with Crippen molar-refractivity contribution in [2.24, 2.45) is 0 Å². The van der Waals surface area contributed by atoms with Crippen LogP contribution in [0.3, 0.4) is 0 Å². The number of nitrogens with zero attached hydrogens (tertiary/aromatic N) is 1. The Labute approximate surface area is 174 Å². The molecule has 2 heterocycles. The summed E-state index contributed by atoms with van der Waals surface area (Å²) >= 11 is 7.63. The van der Waals surface area contributed by atoms with Gasteiger partial charge in [-0.05, 0) is 77.6 Å². The lowest BCUT2D eigenvalue weighted by molar-refractivity contribution is 0.346. The number of thiocarbonyl (C=S) groups is 1. The van der Waals surface area contributed by atoms with Gasteiger partial charge in [-0.3, -0.25) is 0 Å². The van der Waals surface area contributed by atoms with E-state index in [1.807, 2.05) is 47.7 Å². The van der Waals surface area contributed by atoms with Gasteiger partial charge in [0.05, 0.1) is 20.3 Å². The van der Waals surface area contributed by atoms with Crippen LogP contribution in [0.1, 0.15) is 22.0 Å². The Bertz CT molecular complexity index is 951. The zero-order valence-corrected chi connectivity index (χ0v) is 17.5. The molecule has 0 unspecified atom stereocenters. The first kappa shape index (κ1) is 18.8. The van der Waals surface area contributed by atoms with E-state index in [2.05, 4.69) is 33.8 Å². The number of fused-ring (bicyclic) bond motifs is 1. The Morgan fingerprint density at radius 1 is 1.00 bits per heavy atom. The van der Waals surface area contributed by atoms with Gasteiger partial charge in [0.15, 0.2) is 5.11 Å². The molecule has 0 aliphatic carbocycles. The smallest absolute Gasteiger partial charge is 0.174 e. The summed E-state index contributed by atoms with van der Waals surface area (Å²) < 4.78 is 10.6. The third kappa shape index (κ3) is 3.70. The summed E-state index contributed by atoms with van der Waals surface area (Å²) in [5.74, 6) is 1.68. The predicted molar refractivity (Wildman–Crippen MR) is 119 cm³/mol. The Hall–Kier alpha value is -2.57. The fourth-order valence-corrected chi connectivity index (χ4v) is 4.77. The van der Waals surface area contributed by atoms with E-state index in [4.69, 9.17) is 21.7 Å². The van der Waals surface area contributed by atoms with Crippen LogP contribution >= 0.6 is 23.6 Å². The zero-order chi connectivity index (χ0) is 19.5. The van der Waals surface area contributed by atoms with Crippen LogP contribution in [0.25, 0.3) is 0 Å². The van der Waals surface area contributed by atoms with E-state index in [1.54, 1.807) is 14.2 Å². The quantitative estimate of drug-likeness (QED) is 0.605. The minimum absolute atomic E-state index is 0.0964. The molecule has 0 spiro atoms. The lowest BCUT2D eigenvalue weighted by Gasteiger charge is -2.38. The highest BCUT2D eigenvalue weighted by molar-refractivity contribution is 7.80. The van der Waals surface area contributed by atoms with Crippen molar-refractivity contribution < 1.29 is 9.47 Å². The van der Waals surface area contributed by atoms with Crippen LogP contribution in [0, 0.1) is 0 Å². The van der Waals surface area contributed by atoms with Crippen LogP contribution in [0.2, 0.25) is 0 Å². The van der Waals surface area contributed by atoms with Crippen molar-refractivity contribution in [3.8, 4) is 11.5 Å². The van der Waals surface area contributed by atoms with Crippen molar-refractivity contribution in [3.05, 3.63) is 76.0 Å². The van der Waals surface area contributed by atoms with Gasteiger partial charge < -0.3 is 19.7 Å². The molecule has 0 saturated carbocycles. The molecular weight excluding hydrogens is 388 g/mol. The molecule has 1 atom stereocenters. The third-order valence-corrected chi connectivity index (χ3v) is 6.33. The van der Waals surface area contributed by atoms with Crippen LogP contribution in [0.15, 0.2) is 60.0 Å². The number of thiophene rings is 1. The predicted octanol–water partition coefficient (Wildman–Crippen LogP) is 5.11. The first-order valence-corrected chi connectivity index (χ1v) is 10.4. The second-order valence-electron chi connectivity index (χ2n) is 6.58. The number of methoxy groups -OCH3 is 2. The number of nitrogens with one attached hydrogen (secondary N) is 1. The maximum Gasteiger partial charge on any atom is 0.174 e. The molecule has 28 heavy (non-hydrogen) atoms. The van der Waals surface area contributed by atoms with Crippen LogP contribution in [-0.2, 0) is 6.42 Å². The third-order valence-electron chi connectivity index (χ3n) is 5.00. The topological polar surface area (TPSA) is 33.7 Å². The lowest BCUT2D eigenvalue weighted by Crippen LogP contribution is -2.42. The molecule has 1 aliphatic heterocycles. The van der Waals surface area contributed by atoms with E-state index in [-0.39, 0.29) is 6.04 Å². The van der Waals surface area contributed by atoms with Crippen LogP contribution < -0.4 is 14.8 Å². The average Bonchev–Trinajstić information content (AvgIpc) is 3.22. The molecule has 4 nitrogen and oxygen atoms in total. The summed E-state index contributed by atoms with van der Waals surface area (Å²) in [5.41, 5.74) is 3.50. The van der Waals surface area contributed by atoms with E-state index in [0.717, 1.165) is 35.3 Å². The van der Waals surface area contributed by atoms with Crippen molar-refractivity contribution in [1.82, 2.24) is 4.90 Å². The number of hydrogen-bond donors (Lipinski definition) is 1. The van der Waals surface area contributed by atoms with Crippen molar-refractivity contribution in [1.29, 1.82) is 0 Å². The van der Waals surface area contributed by atoms with Gasteiger partial charge >= 0.3 is 0 Å². The minimum atomic E-state index is 0.0964. The first-order valence-electron chi connectivity index (χ1n) is 9.11. The fourth-order valence-electron chi connectivity index (χ4n) is 3.55. The summed E-state index contributed by atoms with van der Waals surface area (Å²) in [4.78, 5) is 3.71. The van der Waals surface area contributed by atoms with Gasteiger partial charge in [0.25, 0.3) is 0 Å². The van der Waals surface area contributed by atoms with E-state index in [1.165, 1.54) is 16.0 Å².